The average molecular weight is 418 g/mol. The molecule has 4 rings (SSSR count). The molecule has 31 heavy (non-hydrogen) atoms. The molecule has 1 amide bonds. The zero-order chi connectivity index (χ0) is 21.9. The van der Waals surface area contributed by atoms with Crippen LogP contribution in [0.25, 0.3) is 11.3 Å². The Morgan fingerprint density at radius 2 is 2.10 bits per heavy atom. The van der Waals surface area contributed by atoms with Crippen molar-refractivity contribution < 1.29 is 14.7 Å². The van der Waals surface area contributed by atoms with Crippen molar-refractivity contribution in [3.63, 3.8) is 0 Å². The van der Waals surface area contributed by atoms with Crippen LogP contribution in [0.2, 0.25) is 0 Å². The lowest BCUT2D eigenvalue weighted by molar-refractivity contribution is -0.122. The molecule has 7 heteroatoms. The molecule has 2 heterocycles. The van der Waals surface area contributed by atoms with Crippen molar-refractivity contribution in [3.05, 3.63) is 84.1 Å². The SMILES string of the molecule is O=C(NCC1=CCCCC1)c1cccc(-c2ccc(Cn3ccnc3)cn2)c1.O=CO. The maximum absolute atomic E-state index is 12.5. The summed E-state index contributed by atoms with van der Waals surface area (Å²) in [5, 5.41) is 9.93. The largest absolute Gasteiger partial charge is 0.483 e. The molecule has 0 saturated heterocycles. The molecule has 0 atom stereocenters. The summed E-state index contributed by atoms with van der Waals surface area (Å²) in [6.45, 7) is 1.13. The molecule has 1 aliphatic carbocycles. The number of nitrogens with zero attached hydrogens (tertiary/aromatic N) is 3. The van der Waals surface area contributed by atoms with Crippen LogP contribution in [-0.2, 0) is 11.3 Å². The van der Waals surface area contributed by atoms with E-state index in [1.165, 1.54) is 18.4 Å². The Morgan fingerprint density at radius 1 is 1.23 bits per heavy atom. The number of aromatic nitrogens is 3. The normalized spacial score (nSPS) is 12.8. The van der Waals surface area contributed by atoms with E-state index in [0.29, 0.717) is 12.1 Å². The van der Waals surface area contributed by atoms with Gasteiger partial charge in [-0.15, -0.1) is 0 Å². The molecule has 0 aliphatic heterocycles. The topological polar surface area (TPSA) is 97.1 Å². The zero-order valence-electron chi connectivity index (χ0n) is 17.3. The lowest BCUT2D eigenvalue weighted by atomic mass is 9.99. The highest BCUT2D eigenvalue weighted by molar-refractivity contribution is 5.95. The molecule has 0 bridgehead atoms. The van der Waals surface area contributed by atoms with Crippen LogP contribution < -0.4 is 5.32 Å². The number of pyridine rings is 1. The molecule has 0 spiro atoms. The van der Waals surface area contributed by atoms with Crippen LogP contribution in [0.3, 0.4) is 0 Å². The summed E-state index contributed by atoms with van der Waals surface area (Å²) >= 11 is 0. The van der Waals surface area contributed by atoms with E-state index in [0.717, 1.165) is 36.2 Å². The van der Waals surface area contributed by atoms with Gasteiger partial charge in [0.1, 0.15) is 0 Å². The molecule has 160 valence electrons. The molecule has 7 nitrogen and oxygen atoms in total. The van der Waals surface area contributed by atoms with Gasteiger partial charge in [0.2, 0.25) is 0 Å². The van der Waals surface area contributed by atoms with Crippen LogP contribution in [0.5, 0.6) is 0 Å². The first-order valence-electron chi connectivity index (χ1n) is 10.2. The average Bonchev–Trinajstić information content (AvgIpc) is 3.32. The van der Waals surface area contributed by atoms with Gasteiger partial charge in [0.05, 0.1) is 12.0 Å². The third-order valence-electron chi connectivity index (χ3n) is 5.03. The first kappa shape index (κ1) is 22.0. The number of nitrogens with one attached hydrogen (secondary N) is 1. The Hall–Kier alpha value is -3.74. The number of carboxylic acid groups (broad SMARTS) is 1. The molecule has 0 radical (unpaired) electrons. The first-order chi connectivity index (χ1) is 15.2. The summed E-state index contributed by atoms with van der Waals surface area (Å²) in [6, 6.07) is 11.7. The highest BCUT2D eigenvalue weighted by Crippen LogP contribution is 2.20. The monoisotopic (exact) mass is 418 g/mol. The number of benzene rings is 1. The minimum atomic E-state index is -0.250. The number of hydrogen-bond acceptors (Lipinski definition) is 4. The second-order valence-electron chi connectivity index (χ2n) is 7.26. The Morgan fingerprint density at radius 3 is 2.77 bits per heavy atom. The van der Waals surface area contributed by atoms with Crippen molar-refractivity contribution in [2.75, 3.05) is 6.54 Å². The van der Waals surface area contributed by atoms with E-state index in [9.17, 15) is 4.79 Å². The van der Waals surface area contributed by atoms with E-state index in [1.807, 2.05) is 47.3 Å². The van der Waals surface area contributed by atoms with E-state index in [4.69, 9.17) is 9.90 Å². The van der Waals surface area contributed by atoms with Crippen LogP contribution in [-0.4, -0.2) is 38.6 Å². The minimum Gasteiger partial charge on any atom is -0.483 e. The fourth-order valence-electron chi connectivity index (χ4n) is 3.46. The Balaban J connectivity index is 0.000000858. The number of hydrogen-bond donors (Lipinski definition) is 2. The van der Waals surface area contributed by atoms with Gasteiger partial charge in [-0.25, -0.2) is 4.98 Å². The quantitative estimate of drug-likeness (QED) is 0.467. The third-order valence-corrected chi connectivity index (χ3v) is 5.03. The predicted octanol–water partition coefficient (Wildman–Crippen LogP) is 3.92. The van der Waals surface area contributed by atoms with Crippen LogP contribution in [0.15, 0.2) is 73.0 Å². The smallest absolute Gasteiger partial charge is 0.290 e. The van der Waals surface area contributed by atoms with E-state index in [1.54, 1.807) is 12.5 Å². The van der Waals surface area contributed by atoms with Gasteiger partial charge in [0, 0.05) is 42.8 Å². The summed E-state index contributed by atoms with van der Waals surface area (Å²) in [5.41, 5.74) is 4.92. The van der Waals surface area contributed by atoms with Gasteiger partial charge in [-0.1, -0.05) is 29.8 Å². The van der Waals surface area contributed by atoms with Gasteiger partial charge in [-0.05, 0) is 49.4 Å². The van der Waals surface area contributed by atoms with E-state index >= 15 is 0 Å². The number of carbonyl (C=O) groups excluding carboxylic acids is 1. The van der Waals surface area contributed by atoms with Crippen molar-refractivity contribution in [3.8, 4) is 11.3 Å². The highest BCUT2D eigenvalue weighted by atomic mass is 16.3. The molecule has 0 fully saturated rings. The van der Waals surface area contributed by atoms with Crippen molar-refractivity contribution in [1.29, 1.82) is 0 Å². The Bertz CT molecular complexity index is 1010. The third kappa shape index (κ3) is 6.64. The molecule has 3 aromatic rings. The lowest BCUT2D eigenvalue weighted by Crippen LogP contribution is -2.26. The van der Waals surface area contributed by atoms with Crippen molar-refractivity contribution in [2.45, 2.75) is 32.2 Å². The van der Waals surface area contributed by atoms with Gasteiger partial charge in [0.25, 0.3) is 12.4 Å². The second kappa shape index (κ2) is 11.4. The van der Waals surface area contributed by atoms with Crippen LogP contribution in [0.4, 0.5) is 0 Å². The second-order valence-corrected chi connectivity index (χ2v) is 7.26. The highest BCUT2D eigenvalue weighted by Gasteiger charge is 2.10. The zero-order valence-corrected chi connectivity index (χ0v) is 17.3. The Kier molecular flexibility index (Phi) is 8.11. The number of imidazole rings is 1. The summed E-state index contributed by atoms with van der Waals surface area (Å²) in [5.74, 6) is -0.0370. The maximum Gasteiger partial charge on any atom is 0.290 e. The molecular weight excluding hydrogens is 392 g/mol. The fraction of sp³-hybridized carbons (Fsp3) is 0.250. The van der Waals surface area contributed by atoms with Crippen molar-refractivity contribution >= 4 is 12.4 Å². The summed E-state index contributed by atoms with van der Waals surface area (Å²) in [7, 11) is 0. The number of rotatable bonds is 6. The van der Waals surface area contributed by atoms with Gasteiger partial charge in [-0.2, -0.15) is 0 Å². The molecule has 0 saturated carbocycles. The molecule has 2 aromatic heterocycles. The van der Waals surface area contributed by atoms with Crippen molar-refractivity contribution in [1.82, 2.24) is 19.9 Å². The fourth-order valence-corrected chi connectivity index (χ4v) is 3.46. The molecule has 1 aromatic carbocycles. The van der Waals surface area contributed by atoms with E-state index < -0.39 is 0 Å². The molecule has 1 aliphatic rings. The minimum absolute atomic E-state index is 0.0370. The van der Waals surface area contributed by atoms with E-state index in [-0.39, 0.29) is 12.4 Å². The van der Waals surface area contributed by atoms with Crippen LogP contribution in [0, 0.1) is 0 Å². The van der Waals surface area contributed by atoms with Gasteiger partial charge in [-0.3, -0.25) is 14.6 Å². The van der Waals surface area contributed by atoms with Crippen LogP contribution in [0.1, 0.15) is 41.6 Å². The summed E-state index contributed by atoms with van der Waals surface area (Å²) < 4.78 is 2.00. The van der Waals surface area contributed by atoms with E-state index in [2.05, 4.69) is 27.4 Å². The van der Waals surface area contributed by atoms with Gasteiger partial charge < -0.3 is 15.0 Å². The number of allylic oxidation sites excluding steroid dienone is 1. The summed E-state index contributed by atoms with van der Waals surface area (Å²) in [6.07, 6.45) is 14.3. The Labute approximate surface area is 181 Å². The first-order valence-corrected chi connectivity index (χ1v) is 10.2. The van der Waals surface area contributed by atoms with Gasteiger partial charge >= 0.3 is 0 Å². The molecule has 2 N–H and O–H groups in total. The standard InChI is InChI=1S/C23H24N4O.CH2O2/c28-23(26-14-18-5-2-1-3-6-18)21-8-4-7-20(13-21)22-10-9-19(15-25-22)16-27-12-11-24-17-27;2-1-3/h4-5,7-13,15,17H,1-3,6,14,16H2,(H,26,28);1H,(H,2,3). The van der Waals surface area contributed by atoms with Crippen LogP contribution >= 0.6 is 0 Å². The number of amides is 1. The maximum atomic E-state index is 12.5. The number of carbonyl (C=O) groups is 2. The summed E-state index contributed by atoms with van der Waals surface area (Å²) in [4.78, 5) is 29.5. The molecule has 0 unspecified atom stereocenters. The molecular formula is C24H26N4O3. The van der Waals surface area contributed by atoms with Gasteiger partial charge in [0.15, 0.2) is 0 Å². The lowest BCUT2D eigenvalue weighted by Gasteiger charge is -2.13. The predicted molar refractivity (Wildman–Crippen MR) is 119 cm³/mol. The van der Waals surface area contributed by atoms with Crippen molar-refractivity contribution in [2.24, 2.45) is 0 Å².